The molecule has 0 saturated heterocycles. The Labute approximate surface area is 107 Å². The van der Waals surface area contributed by atoms with Crippen molar-refractivity contribution in [2.45, 2.75) is 20.0 Å². The molecule has 0 bridgehead atoms. The first-order valence-corrected chi connectivity index (χ1v) is 5.76. The second-order valence-electron chi connectivity index (χ2n) is 3.38. The summed E-state index contributed by atoms with van der Waals surface area (Å²) in [6.45, 7) is 1.87. The Bertz CT molecular complexity index is 588. The highest BCUT2D eigenvalue weighted by Gasteiger charge is 2.18. The van der Waals surface area contributed by atoms with Crippen LogP contribution in [-0.2, 0) is 13.1 Å². The van der Waals surface area contributed by atoms with Gasteiger partial charge in [-0.1, -0.05) is 12.2 Å². The molecule has 0 atom stereocenters. The standard InChI is InChI=1S/C10H12ClN3O4/c1-2-12-7-8(14(17)18)9(15)13(10(12)16)6-4-3-5-11/h3-4,7H,2,5-6H2,1H3. The van der Waals surface area contributed by atoms with Crippen LogP contribution in [0.15, 0.2) is 27.9 Å². The highest BCUT2D eigenvalue weighted by atomic mass is 35.5. The number of halogens is 1. The van der Waals surface area contributed by atoms with Crippen molar-refractivity contribution in [3.63, 3.8) is 0 Å². The molecule has 0 spiro atoms. The monoisotopic (exact) mass is 273 g/mol. The molecular formula is C10H12ClN3O4. The lowest BCUT2D eigenvalue weighted by Gasteiger charge is -2.06. The molecule has 7 nitrogen and oxygen atoms in total. The van der Waals surface area contributed by atoms with Crippen LogP contribution in [-0.4, -0.2) is 19.9 Å². The van der Waals surface area contributed by atoms with Crippen LogP contribution >= 0.6 is 11.6 Å². The normalized spacial score (nSPS) is 11.0. The van der Waals surface area contributed by atoms with E-state index in [2.05, 4.69) is 0 Å². The van der Waals surface area contributed by atoms with Crippen LogP contribution in [0.5, 0.6) is 0 Å². The summed E-state index contributed by atoms with van der Waals surface area (Å²) in [5.41, 5.74) is -2.10. The maximum absolute atomic E-state index is 11.8. The van der Waals surface area contributed by atoms with Crippen molar-refractivity contribution in [3.05, 3.63) is 49.3 Å². The van der Waals surface area contributed by atoms with Crippen LogP contribution in [0.1, 0.15) is 6.92 Å². The third-order valence-electron chi connectivity index (χ3n) is 2.30. The SMILES string of the molecule is CCn1cc([N+](=O)[O-])c(=O)n(CC=CCCl)c1=O. The second kappa shape index (κ2) is 6.15. The molecule has 1 heterocycles. The average molecular weight is 274 g/mol. The Balaban J connectivity index is 3.43. The van der Waals surface area contributed by atoms with Gasteiger partial charge in [0.25, 0.3) is 0 Å². The van der Waals surface area contributed by atoms with Gasteiger partial charge in [-0.15, -0.1) is 11.6 Å². The van der Waals surface area contributed by atoms with Gasteiger partial charge in [0, 0.05) is 19.0 Å². The van der Waals surface area contributed by atoms with E-state index in [0.29, 0.717) is 0 Å². The van der Waals surface area contributed by atoms with E-state index >= 15 is 0 Å². The fourth-order valence-corrected chi connectivity index (χ4v) is 1.52. The minimum absolute atomic E-state index is 0.0356. The summed E-state index contributed by atoms with van der Waals surface area (Å²) in [6, 6.07) is 0. The first-order valence-electron chi connectivity index (χ1n) is 5.22. The number of allylic oxidation sites excluding steroid dienone is 2. The van der Waals surface area contributed by atoms with Crippen molar-refractivity contribution in [2.24, 2.45) is 0 Å². The van der Waals surface area contributed by atoms with Gasteiger partial charge in [0.1, 0.15) is 0 Å². The minimum atomic E-state index is -0.908. The van der Waals surface area contributed by atoms with E-state index in [1.54, 1.807) is 13.0 Å². The van der Waals surface area contributed by atoms with Crippen LogP contribution in [0, 0.1) is 10.1 Å². The van der Waals surface area contributed by atoms with Crippen LogP contribution in [0.25, 0.3) is 0 Å². The summed E-state index contributed by atoms with van der Waals surface area (Å²) in [4.78, 5) is 33.5. The van der Waals surface area contributed by atoms with Crippen molar-refractivity contribution < 1.29 is 4.92 Å². The number of aryl methyl sites for hydroxylation is 1. The highest BCUT2D eigenvalue weighted by Crippen LogP contribution is 2.00. The molecule has 0 fully saturated rings. The smallest absolute Gasteiger partial charge is 0.294 e. The van der Waals surface area contributed by atoms with Crippen molar-refractivity contribution in [1.82, 2.24) is 9.13 Å². The number of rotatable bonds is 5. The lowest BCUT2D eigenvalue weighted by molar-refractivity contribution is -0.387. The first-order chi connectivity index (χ1) is 8.52. The van der Waals surface area contributed by atoms with Gasteiger partial charge in [-0.3, -0.25) is 24.0 Å². The van der Waals surface area contributed by atoms with E-state index < -0.39 is 21.9 Å². The zero-order chi connectivity index (χ0) is 13.7. The molecule has 0 amide bonds. The lowest BCUT2D eigenvalue weighted by atomic mass is 10.4. The fourth-order valence-electron chi connectivity index (χ4n) is 1.39. The van der Waals surface area contributed by atoms with E-state index in [1.807, 2.05) is 0 Å². The molecule has 1 aromatic rings. The Morgan fingerprint density at radius 1 is 1.44 bits per heavy atom. The summed E-state index contributed by atoms with van der Waals surface area (Å²) < 4.78 is 1.93. The fraction of sp³-hybridized carbons (Fsp3) is 0.400. The Hall–Kier alpha value is -1.89. The molecule has 8 heteroatoms. The topological polar surface area (TPSA) is 87.1 Å². The molecule has 18 heavy (non-hydrogen) atoms. The molecule has 0 aliphatic carbocycles. The Morgan fingerprint density at radius 2 is 2.11 bits per heavy atom. The predicted octanol–water partition coefficient (Wildman–Crippen LogP) is 0.733. The highest BCUT2D eigenvalue weighted by molar-refractivity contribution is 6.18. The summed E-state index contributed by atoms with van der Waals surface area (Å²) in [7, 11) is 0. The molecule has 1 rings (SSSR count). The zero-order valence-electron chi connectivity index (χ0n) is 9.71. The number of hydrogen-bond donors (Lipinski definition) is 0. The van der Waals surface area contributed by atoms with E-state index in [0.717, 1.165) is 15.3 Å². The number of aromatic nitrogens is 2. The quantitative estimate of drug-likeness (QED) is 0.342. The third kappa shape index (κ3) is 2.86. The molecule has 0 aliphatic heterocycles. The summed E-state index contributed by atoms with van der Waals surface area (Å²) >= 11 is 5.42. The molecule has 98 valence electrons. The third-order valence-corrected chi connectivity index (χ3v) is 2.48. The Morgan fingerprint density at radius 3 is 2.61 bits per heavy atom. The Kier molecular flexibility index (Phi) is 4.85. The van der Waals surface area contributed by atoms with Gasteiger partial charge in [-0.2, -0.15) is 0 Å². The van der Waals surface area contributed by atoms with Gasteiger partial charge in [-0.05, 0) is 6.92 Å². The van der Waals surface area contributed by atoms with E-state index in [-0.39, 0.29) is 19.0 Å². The number of nitrogens with zero attached hydrogens (tertiary/aromatic N) is 3. The largest absolute Gasteiger partial charge is 0.350 e. The predicted molar refractivity (Wildman–Crippen MR) is 67.2 cm³/mol. The van der Waals surface area contributed by atoms with Gasteiger partial charge in [0.2, 0.25) is 0 Å². The van der Waals surface area contributed by atoms with Gasteiger partial charge in [0.15, 0.2) is 0 Å². The maximum atomic E-state index is 11.8. The summed E-state index contributed by atoms with van der Waals surface area (Å²) in [5.74, 6) is 0.242. The molecule has 0 radical (unpaired) electrons. The zero-order valence-corrected chi connectivity index (χ0v) is 10.5. The van der Waals surface area contributed by atoms with Crippen LogP contribution in [0.4, 0.5) is 5.69 Å². The summed E-state index contributed by atoms with van der Waals surface area (Å²) in [5, 5.41) is 10.7. The maximum Gasteiger partial charge on any atom is 0.350 e. The van der Waals surface area contributed by atoms with Gasteiger partial charge >= 0.3 is 16.9 Å². The molecule has 0 N–H and O–H groups in total. The van der Waals surface area contributed by atoms with Crippen molar-refractivity contribution in [2.75, 3.05) is 5.88 Å². The van der Waals surface area contributed by atoms with E-state index in [9.17, 15) is 19.7 Å². The van der Waals surface area contributed by atoms with Crippen LogP contribution in [0.2, 0.25) is 0 Å². The van der Waals surface area contributed by atoms with Crippen molar-refractivity contribution in [1.29, 1.82) is 0 Å². The molecule has 0 aliphatic rings. The number of hydrogen-bond acceptors (Lipinski definition) is 4. The van der Waals surface area contributed by atoms with E-state index in [1.165, 1.54) is 6.08 Å². The van der Waals surface area contributed by atoms with Crippen molar-refractivity contribution >= 4 is 17.3 Å². The first kappa shape index (κ1) is 14.2. The average Bonchev–Trinajstić information content (AvgIpc) is 2.33. The summed E-state index contributed by atoms with van der Waals surface area (Å²) in [6.07, 6.45) is 4.04. The second-order valence-corrected chi connectivity index (χ2v) is 3.69. The molecule has 0 aromatic carbocycles. The molecule has 0 saturated carbocycles. The van der Waals surface area contributed by atoms with Crippen LogP contribution < -0.4 is 11.2 Å². The van der Waals surface area contributed by atoms with Gasteiger partial charge in [0.05, 0.1) is 11.1 Å². The lowest BCUT2D eigenvalue weighted by Crippen LogP contribution is -2.40. The van der Waals surface area contributed by atoms with E-state index in [4.69, 9.17) is 11.6 Å². The minimum Gasteiger partial charge on any atom is -0.294 e. The van der Waals surface area contributed by atoms with Gasteiger partial charge in [-0.25, -0.2) is 4.79 Å². The van der Waals surface area contributed by atoms with Gasteiger partial charge < -0.3 is 0 Å². The number of alkyl halides is 1. The number of nitro groups is 1. The molecule has 0 unspecified atom stereocenters. The molecule has 1 aromatic heterocycles. The van der Waals surface area contributed by atoms with Crippen molar-refractivity contribution in [3.8, 4) is 0 Å². The van der Waals surface area contributed by atoms with Crippen LogP contribution in [0.3, 0.4) is 0 Å². The molecular weight excluding hydrogens is 262 g/mol.